The molecule has 3 aromatic rings. The number of rotatable bonds is 4. The van der Waals surface area contributed by atoms with Crippen molar-refractivity contribution < 1.29 is 4.79 Å². The topological polar surface area (TPSA) is 116 Å². The van der Waals surface area contributed by atoms with Crippen molar-refractivity contribution in [1.82, 2.24) is 15.2 Å². The summed E-state index contributed by atoms with van der Waals surface area (Å²) in [6, 6.07) is 16.2. The summed E-state index contributed by atoms with van der Waals surface area (Å²) < 4.78 is 0. The standard InChI is InChI=1S/C22H22N6O2/c23-27-20(18-13-16-3-1-2-4-19(16)26-21(18)29)14-25-17-7-5-15(6-8-17)22(30)28-11-9-24-10-12-28/h1-8,13-14,24H,9-12,23H2,(H,26,29). The number of piperazine rings is 1. The van der Waals surface area contributed by atoms with Crippen LogP contribution >= 0.6 is 0 Å². The fraction of sp³-hybridized carbons (Fsp3) is 0.182. The minimum atomic E-state index is -0.290. The van der Waals surface area contributed by atoms with Gasteiger partial charge in [0.25, 0.3) is 11.5 Å². The molecule has 152 valence electrons. The summed E-state index contributed by atoms with van der Waals surface area (Å²) in [6.45, 7) is 3.02. The zero-order chi connectivity index (χ0) is 20.9. The van der Waals surface area contributed by atoms with E-state index >= 15 is 0 Å². The van der Waals surface area contributed by atoms with Crippen LogP contribution in [0.25, 0.3) is 10.9 Å². The molecule has 1 saturated heterocycles. The van der Waals surface area contributed by atoms with Crippen molar-refractivity contribution in [3.05, 3.63) is 76.1 Å². The van der Waals surface area contributed by atoms with E-state index < -0.39 is 0 Å². The number of aromatic nitrogens is 1. The number of para-hydroxylation sites is 1. The number of aromatic amines is 1. The van der Waals surface area contributed by atoms with Gasteiger partial charge in [-0.05, 0) is 41.8 Å². The molecule has 0 spiro atoms. The number of carbonyl (C=O) groups is 1. The van der Waals surface area contributed by atoms with Gasteiger partial charge >= 0.3 is 0 Å². The molecule has 8 heteroatoms. The monoisotopic (exact) mass is 402 g/mol. The summed E-state index contributed by atoms with van der Waals surface area (Å²) in [4.78, 5) is 34.0. The van der Waals surface area contributed by atoms with Crippen molar-refractivity contribution in [3.63, 3.8) is 0 Å². The predicted octanol–water partition coefficient (Wildman–Crippen LogP) is 1.64. The van der Waals surface area contributed by atoms with E-state index in [1.807, 2.05) is 29.2 Å². The molecule has 4 rings (SSSR count). The van der Waals surface area contributed by atoms with Gasteiger partial charge in [0.2, 0.25) is 0 Å². The van der Waals surface area contributed by atoms with Crippen LogP contribution in [0.4, 0.5) is 5.69 Å². The first-order valence-corrected chi connectivity index (χ1v) is 9.70. The van der Waals surface area contributed by atoms with Crippen LogP contribution in [-0.2, 0) is 0 Å². The van der Waals surface area contributed by atoms with Gasteiger partial charge in [-0.2, -0.15) is 5.10 Å². The Bertz CT molecular complexity index is 1170. The van der Waals surface area contributed by atoms with Gasteiger partial charge in [-0.15, -0.1) is 0 Å². The number of carbonyl (C=O) groups excluding carboxylic acids is 1. The smallest absolute Gasteiger partial charge is 0.258 e. The lowest BCUT2D eigenvalue weighted by Crippen LogP contribution is -2.46. The number of amides is 1. The molecule has 2 heterocycles. The largest absolute Gasteiger partial charge is 0.336 e. The molecule has 8 nitrogen and oxygen atoms in total. The summed E-state index contributed by atoms with van der Waals surface area (Å²) in [5.41, 5.74) is 2.30. The molecule has 1 aromatic heterocycles. The van der Waals surface area contributed by atoms with E-state index in [-0.39, 0.29) is 17.2 Å². The third-order valence-corrected chi connectivity index (χ3v) is 5.02. The van der Waals surface area contributed by atoms with E-state index in [0.717, 1.165) is 24.0 Å². The van der Waals surface area contributed by atoms with Crippen LogP contribution in [0.5, 0.6) is 0 Å². The Morgan fingerprint density at radius 1 is 1.07 bits per heavy atom. The Labute approximate surface area is 173 Å². The number of aliphatic imine (C=N–C) groups is 1. The minimum Gasteiger partial charge on any atom is -0.336 e. The van der Waals surface area contributed by atoms with Gasteiger partial charge < -0.3 is 21.0 Å². The molecule has 30 heavy (non-hydrogen) atoms. The first kappa shape index (κ1) is 19.5. The van der Waals surface area contributed by atoms with Crippen LogP contribution in [-0.4, -0.2) is 53.9 Å². The summed E-state index contributed by atoms with van der Waals surface area (Å²) in [5, 5.41) is 7.83. The number of pyridine rings is 1. The lowest BCUT2D eigenvalue weighted by atomic mass is 10.1. The molecule has 0 atom stereocenters. The number of hydrogen-bond acceptors (Lipinski definition) is 6. The number of fused-ring (bicyclic) bond motifs is 1. The molecule has 0 radical (unpaired) electrons. The van der Waals surface area contributed by atoms with E-state index in [1.165, 1.54) is 6.21 Å². The van der Waals surface area contributed by atoms with E-state index in [4.69, 9.17) is 5.84 Å². The molecule has 1 amide bonds. The van der Waals surface area contributed by atoms with Crippen LogP contribution < -0.4 is 16.7 Å². The van der Waals surface area contributed by atoms with Crippen LogP contribution in [0.1, 0.15) is 15.9 Å². The number of nitrogens with one attached hydrogen (secondary N) is 2. The summed E-state index contributed by atoms with van der Waals surface area (Å²) in [5.74, 6) is 5.53. The zero-order valence-electron chi connectivity index (χ0n) is 16.3. The van der Waals surface area contributed by atoms with Crippen molar-refractivity contribution in [1.29, 1.82) is 0 Å². The number of benzene rings is 2. The zero-order valence-corrected chi connectivity index (χ0v) is 16.3. The highest BCUT2D eigenvalue weighted by atomic mass is 16.2. The average molecular weight is 402 g/mol. The number of hydrogen-bond donors (Lipinski definition) is 3. The summed E-state index contributed by atoms with van der Waals surface area (Å²) in [7, 11) is 0. The maximum atomic E-state index is 12.5. The fourth-order valence-corrected chi connectivity index (χ4v) is 3.39. The van der Waals surface area contributed by atoms with Gasteiger partial charge in [-0.3, -0.25) is 14.6 Å². The summed E-state index contributed by atoms with van der Waals surface area (Å²) >= 11 is 0. The van der Waals surface area contributed by atoms with E-state index in [0.29, 0.717) is 29.9 Å². The molecule has 0 bridgehead atoms. The van der Waals surface area contributed by atoms with Gasteiger partial charge in [0.1, 0.15) is 5.71 Å². The number of nitrogens with two attached hydrogens (primary N) is 1. The molecular weight excluding hydrogens is 380 g/mol. The van der Waals surface area contributed by atoms with Crippen molar-refractivity contribution in [2.24, 2.45) is 15.9 Å². The highest BCUT2D eigenvalue weighted by Gasteiger charge is 2.17. The van der Waals surface area contributed by atoms with Crippen LogP contribution in [0.3, 0.4) is 0 Å². The first-order chi connectivity index (χ1) is 14.7. The Hall–Kier alpha value is -3.78. The lowest BCUT2D eigenvalue weighted by molar-refractivity contribution is 0.0736. The maximum absolute atomic E-state index is 12.5. The molecular formula is C22H22N6O2. The van der Waals surface area contributed by atoms with E-state index in [9.17, 15) is 9.59 Å². The van der Waals surface area contributed by atoms with Gasteiger partial charge in [0.05, 0.1) is 17.5 Å². The Balaban J connectivity index is 1.53. The molecule has 1 fully saturated rings. The quantitative estimate of drug-likeness (QED) is 0.349. The third kappa shape index (κ3) is 4.13. The average Bonchev–Trinajstić information content (AvgIpc) is 2.80. The van der Waals surface area contributed by atoms with Crippen LogP contribution in [0.15, 0.2) is 69.5 Å². The van der Waals surface area contributed by atoms with Crippen LogP contribution in [0.2, 0.25) is 0 Å². The molecule has 4 N–H and O–H groups in total. The molecule has 2 aromatic carbocycles. The van der Waals surface area contributed by atoms with Gasteiger partial charge in [0, 0.05) is 37.3 Å². The molecule has 0 saturated carbocycles. The lowest BCUT2D eigenvalue weighted by Gasteiger charge is -2.27. The number of nitrogens with zero attached hydrogens (tertiary/aromatic N) is 3. The molecule has 0 unspecified atom stereocenters. The van der Waals surface area contributed by atoms with E-state index in [1.54, 1.807) is 30.3 Å². The van der Waals surface area contributed by atoms with Crippen molar-refractivity contribution in [2.45, 2.75) is 0 Å². The number of H-pyrrole nitrogens is 1. The van der Waals surface area contributed by atoms with Crippen LogP contribution in [0, 0.1) is 0 Å². The van der Waals surface area contributed by atoms with Gasteiger partial charge in [-0.1, -0.05) is 18.2 Å². The highest BCUT2D eigenvalue weighted by Crippen LogP contribution is 2.15. The fourth-order valence-electron chi connectivity index (χ4n) is 3.39. The molecule has 1 aliphatic heterocycles. The van der Waals surface area contributed by atoms with Gasteiger partial charge in [-0.25, -0.2) is 0 Å². The Morgan fingerprint density at radius 2 is 1.80 bits per heavy atom. The molecule has 1 aliphatic rings. The van der Waals surface area contributed by atoms with Crippen molar-refractivity contribution in [2.75, 3.05) is 26.2 Å². The maximum Gasteiger partial charge on any atom is 0.258 e. The second-order valence-corrected chi connectivity index (χ2v) is 6.96. The van der Waals surface area contributed by atoms with Gasteiger partial charge in [0.15, 0.2) is 0 Å². The number of hydrazone groups is 1. The predicted molar refractivity (Wildman–Crippen MR) is 119 cm³/mol. The Morgan fingerprint density at radius 3 is 2.53 bits per heavy atom. The summed E-state index contributed by atoms with van der Waals surface area (Å²) in [6.07, 6.45) is 1.45. The van der Waals surface area contributed by atoms with E-state index in [2.05, 4.69) is 20.4 Å². The normalized spacial score (nSPS) is 15.1. The highest BCUT2D eigenvalue weighted by molar-refractivity contribution is 6.38. The SMILES string of the molecule is NN=C(C=Nc1ccc(C(=O)N2CCNCC2)cc1)c1cc2ccccc2[nH]c1=O. The molecule has 0 aliphatic carbocycles. The second kappa shape index (κ2) is 8.71. The third-order valence-electron chi connectivity index (χ3n) is 5.02. The van der Waals surface area contributed by atoms with Crippen molar-refractivity contribution >= 4 is 34.4 Å². The minimum absolute atomic E-state index is 0.0129. The second-order valence-electron chi connectivity index (χ2n) is 6.96. The van der Waals surface area contributed by atoms with Crippen molar-refractivity contribution in [3.8, 4) is 0 Å². The first-order valence-electron chi connectivity index (χ1n) is 9.70. The Kier molecular flexibility index (Phi) is 5.67.